The summed E-state index contributed by atoms with van der Waals surface area (Å²) in [6, 6.07) is 2.98. The van der Waals surface area contributed by atoms with Gasteiger partial charge in [0.15, 0.2) is 0 Å². The van der Waals surface area contributed by atoms with Crippen molar-refractivity contribution in [1.29, 1.82) is 0 Å². The number of amides is 1. The molecular weight excluding hydrogens is 272 g/mol. The monoisotopic (exact) mass is 292 g/mol. The van der Waals surface area contributed by atoms with Gasteiger partial charge in [-0.05, 0) is 18.6 Å². The van der Waals surface area contributed by atoms with E-state index < -0.39 is 6.04 Å². The maximum Gasteiger partial charge on any atom is 0.241 e. The van der Waals surface area contributed by atoms with E-state index in [0.717, 1.165) is 5.76 Å². The van der Waals surface area contributed by atoms with Gasteiger partial charge in [0.05, 0.1) is 12.5 Å². The van der Waals surface area contributed by atoms with Gasteiger partial charge in [-0.1, -0.05) is 0 Å². The number of ether oxygens (including phenoxy) is 1. The highest BCUT2D eigenvalue weighted by atomic mass is 16.5. The zero-order valence-electron chi connectivity index (χ0n) is 12.0. The van der Waals surface area contributed by atoms with Crippen LogP contribution in [-0.4, -0.2) is 28.8 Å². The number of aryl methyl sites for hydroxylation is 1. The zero-order valence-corrected chi connectivity index (χ0v) is 12.0. The lowest BCUT2D eigenvalue weighted by molar-refractivity contribution is -0.122. The van der Waals surface area contributed by atoms with Crippen molar-refractivity contribution in [2.24, 2.45) is 12.8 Å². The third-order valence-electron chi connectivity index (χ3n) is 2.96. The van der Waals surface area contributed by atoms with Gasteiger partial charge >= 0.3 is 0 Å². The fourth-order valence-electron chi connectivity index (χ4n) is 1.82. The Hall–Kier alpha value is -2.12. The third-order valence-corrected chi connectivity index (χ3v) is 2.96. The lowest BCUT2D eigenvalue weighted by Gasteiger charge is -2.10. The molecule has 0 radical (unpaired) electrons. The van der Waals surface area contributed by atoms with E-state index in [-0.39, 0.29) is 5.91 Å². The summed E-state index contributed by atoms with van der Waals surface area (Å²) in [5, 5.41) is 6.77. The van der Waals surface area contributed by atoms with E-state index in [1.165, 1.54) is 0 Å². The van der Waals surface area contributed by atoms with Crippen LogP contribution < -0.4 is 11.1 Å². The average molecular weight is 292 g/mol. The summed E-state index contributed by atoms with van der Waals surface area (Å²) in [7, 11) is 1.78. The molecule has 0 saturated carbocycles. The van der Waals surface area contributed by atoms with Crippen LogP contribution >= 0.6 is 0 Å². The Labute approximate surface area is 123 Å². The van der Waals surface area contributed by atoms with Crippen LogP contribution in [0.2, 0.25) is 0 Å². The van der Waals surface area contributed by atoms with E-state index in [2.05, 4.69) is 10.4 Å². The molecule has 0 saturated heterocycles. The number of furan rings is 1. The summed E-state index contributed by atoms with van der Waals surface area (Å²) in [5.41, 5.74) is 6.55. The Morgan fingerprint density at radius 1 is 1.62 bits per heavy atom. The van der Waals surface area contributed by atoms with Gasteiger partial charge < -0.3 is 20.2 Å². The number of hydrogen-bond donors (Lipinski definition) is 2. The van der Waals surface area contributed by atoms with Gasteiger partial charge in [-0.2, -0.15) is 5.10 Å². The molecule has 1 unspecified atom stereocenters. The number of nitrogens with one attached hydrogen (secondary N) is 1. The summed E-state index contributed by atoms with van der Waals surface area (Å²) in [4.78, 5) is 11.8. The van der Waals surface area contributed by atoms with Crippen LogP contribution in [0.25, 0.3) is 0 Å². The Morgan fingerprint density at radius 3 is 3.14 bits per heavy atom. The maximum atomic E-state index is 11.8. The molecule has 3 N–H and O–H groups in total. The average Bonchev–Trinajstić information content (AvgIpc) is 3.13. The second kappa shape index (κ2) is 7.61. The van der Waals surface area contributed by atoms with Gasteiger partial charge in [0.2, 0.25) is 5.91 Å². The molecule has 114 valence electrons. The van der Waals surface area contributed by atoms with Gasteiger partial charge in [-0.25, -0.2) is 0 Å². The van der Waals surface area contributed by atoms with Gasteiger partial charge in [0, 0.05) is 32.0 Å². The minimum absolute atomic E-state index is 0.214. The number of aromatic nitrogens is 2. The van der Waals surface area contributed by atoms with Crippen molar-refractivity contribution in [3.05, 3.63) is 42.1 Å². The first-order valence-electron chi connectivity index (χ1n) is 6.79. The van der Waals surface area contributed by atoms with Gasteiger partial charge in [-0.3, -0.25) is 9.48 Å². The summed E-state index contributed by atoms with van der Waals surface area (Å²) in [6.07, 6.45) is 5.65. The van der Waals surface area contributed by atoms with Crippen LogP contribution in [0, 0.1) is 0 Å². The first-order chi connectivity index (χ1) is 10.2. The molecule has 7 nitrogen and oxygen atoms in total. The van der Waals surface area contributed by atoms with Crippen LogP contribution in [0.1, 0.15) is 23.8 Å². The first kappa shape index (κ1) is 15.3. The van der Waals surface area contributed by atoms with Crippen molar-refractivity contribution in [1.82, 2.24) is 15.1 Å². The molecule has 0 aliphatic heterocycles. The molecule has 2 heterocycles. The molecule has 0 fully saturated rings. The largest absolute Gasteiger partial charge is 0.467 e. The quantitative estimate of drug-likeness (QED) is 0.700. The third kappa shape index (κ3) is 4.73. The highest BCUT2D eigenvalue weighted by Crippen LogP contribution is 2.08. The van der Waals surface area contributed by atoms with Crippen molar-refractivity contribution >= 4 is 5.91 Å². The van der Waals surface area contributed by atoms with Crippen molar-refractivity contribution in [3.8, 4) is 0 Å². The SMILES string of the molecule is Cn1cc(C(N)C(=O)NCCCOCc2ccco2)cn1. The lowest BCUT2D eigenvalue weighted by atomic mass is 10.1. The predicted molar refractivity (Wildman–Crippen MR) is 76.1 cm³/mol. The number of hydrogen-bond acceptors (Lipinski definition) is 5. The smallest absolute Gasteiger partial charge is 0.241 e. The first-order valence-corrected chi connectivity index (χ1v) is 6.79. The normalized spacial score (nSPS) is 12.3. The van der Waals surface area contributed by atoms with E-state index in [1.54, 1.807) is 30.4 Å². The van der Waals surface area contributed by atoms with Gasteiger partial charge in [0.25, 0.3) is 0 Å². The molecular formula is C14H20N4O3. The van der Waals surface area contributed by atoms with Gasteiger partial charge in [-0.15, -0.1) is 0 Å². The highest BCUT2D eigenvalue weighted by Gasteiger charge is 2.16. The van der Waals surface area contributed by atoms with E-state index in [4.69, 9.17) is 14.9 Å². The minimum atomic E-state index is -0.692. The molecule has 0 aliphatic rings. The number of carbonyl (C=O) groups excluding carboxylic acids is 1. The Morgan fingerprint density at radius 2 is 2.48 bits per heavy atom. The molecule has 2 rings (SSSR count). The fraction of sp³-hybridized carbons (Fsp3) is 0.429. The van der Waals surface area contributed by atoms with Crippen LogP contribution in [-0.2, 0) is 23.2 Å². The standard InChI is InChI=1S/C14H20N4O3/c1-18-9-11(8-17-18)13(15)14(19)16-5-3-6-20-10-12-4-2-7-21-12/h2,4,7-9,13H,3,5-6,10,15H2,1H3,(H,16,19). The van der Waals surface area contributed by atoms with Crippen molar-refractivity contribution in [3.63, 3.8) is 0 Å². The van der Waals surface area contributed by atoms with E-state index in [9.17, 15) is 4.79 Å². The number of nitrogens with two attached hydrogens (primary N) is 1. The van der Waals surface area contributed by atoms with Crippen LogP contribution in [0.3, 0.4) is 0 Å². The Balaban J connectivity index is 1.58. The lowest BCUT2D eigenvalue weighted by Crippen LogP contribution is -2.34. The van der Waals surface area contributed by atoms with Crippen LogP contribution in [0.15, 0.2) is 35.2 Å². The number of carbonyl (C=O) groups is 1. The van der Waals surface area contributed by atoms with E-state index in [1.807, 2.05) is 12.1 Å². The molecule has 0 aromatic carbocycles. The topological polar surface area (TPSA) is 95.3 Å². The molecule has 2 aromatic heterocycles. The Bertz CT molecular complexity index is 550. The molecule has 0 aliphatic carbocycles. The summed E-state index contributed by atoms with van der Waals surface area (Å²) in [6.45, 7) is 1.50. The molecule has 0 bridgehead atoms. The maximum absolute atomic E-state index is 11.8. The zero-order chi connectivity index (χ0) is 15.1. The summed E-state index contributed by atoms with van der Waals surface area (Å²) >= 11 is 0. The highest BCUT2D eigenvalue weighted by molar-refractivity contribution is 5.82. The van der Waals surface area contributed by atoms with Gasteiger partial charge in [0.1, 0.15) is 18.4 Å². The summed E-state index contributed by atoms with van der Waals surface area (Å²) < 4.78 is 12.2. The van der Waals surface area contributed by atoms with Crippen molar-refractivity contribution < 1.29 is 13.9 Å². The molecule has 21 heavy (non-hydrogen) atoms. The molecule has 2 aromatic rings. The van der Waals surface area contributed by atoms with E-state index in [0.29, 0.717) is 31.7 Å². The predicted octanol–water partition coefficient (Wildman–Crippen LogP) is 0.736. The molecule has 1 atom stereocenters. The van der Waals surface area contributed by atoms with Crippen molar-refractivity contribution in [2.45, 2.75) is 19.1 Å². The minimum Gasteiger partial charge on any atom is -0.467 e. The Kier molecular flexibility index (Phi) is 5.53. The van der Waals surface area contributed by atoms with Crippen LogP contribution in [0.5, 0.6) is 0 Å². The second-order valence-electron chi connectivity index (χ2n) is 4.70. The summed E-state index contributed by atoms with van der Waals surface area (Å²) in [5.74, 6) is 0.576. The number of rotatable bonds is 8. The van der Waals surface area contributed by atoms with Crippen molar-refractivity contribution in [2.75, 3.05) is 13.2 Å². The molecule has 7 heteroatoms. The molecule has 1 amide bonds. The molecule has 0 spiro atoms. The number of nitrogens with zero attached hydrogens (tertiary/aromatic N) is 2. The van der Waals surface area contributed by atoms with Crippen LogP contribution in [0.4, 0.5) is 0 Å². The second-order valence-corrected chi connectivity index (χ2v) is 4.70. The fourth-order valence-corrected chi connectivity index (χ4v) is 1.82. The van der Waals surface area contributed by atoms with E-state index >= 15 is 0 Å².